The van der Waals surface area contributed by atoms with Crippen LogP contribution in [0.3, 0.4) is 0 Å². The minimum atomic E-state index is -0.247. The quantitative estimate of drug-likeness (QED) is 0.228. The van der Waals surface area contributed by atoms with Crippen molar-refractivity contribution in [3.8, 4) is 0 Å². The predicted molar refractivity (Wildman–Crippen MR) is 120 cm³/mol. The van der Waals surface area contributed by atoms with Crippen LogP contribution in [0.15, 0.2) is 18.7 Å². The highest BCUT2D eigenvalue weighted by molar-refractivity contribution is 8.00. The number of imidazole rings is 1. The summed E-state index contributed by atoms with van der Waals surface area (Å²) < 4.78 is 12.2. The highest BCUT2D eigenvalue weighted by Crippen LogP contribution is 2.33. The van der Waals surface area contributed by atoms with Crippen molar-refractivity contribution < 1.29 is 23.9 Å². The molecule has 4 amide bonds. The molecule has 178 valence electrons. The van der Waals surface area contributed by atoms with Gasteiger partial charge < -0.3 is 30.7 Å². The second kappa shape index (κ2) is 13.3. The summed E-state index contributed by atoms with van der Waals surface area (Å²) in [6.07, 6.45) is 7.87. The molecule has 12 heteroatoms. The molecule has 2 saturated heterocycles. The zero-order valence-electron chi connectivity index (χ0n) is 18.1. The lowest BCUT2D eigenvalue weighted by molar-refractivity contribution is -0.121. The first-order valence-electron chi connectivity index (χ1n) is 11.0. The highest BCUT2D eigenvalue weighted by Gasteiger charge is 2.42. The monoisotopic (exact) mass is 468 g/mol. The van der Waals surface area contributed by atoms with Gasteiger partial charge >= 0.3 is 12.1 Å². The largest absolute Gasteiger partial charge is 0.377 e. The second-order valence-corrected chi connectivity index (χ2v) is 8.92. The number of carbonyl (C=O) groups excluding carboxylic acids is 3. The predicted octanol–water partition coefficient (Wildman–Crippen LogP) is 0.316. The Bertz CT molecular complexity index is 734. The molecule has 1 aromatic heterocycles. The van der Waals surface area contributed by atoms with Crippen LogP contribution in [0, 0.1) is 0 Å². The van der Waals surface area contributed by atoms with Crippen LogP contribution in [0.2, 0.25) is 0 Å². The summed E-state index contributed by atoms with van der Waals surface area (Å²) in [5, 5.41) is 11.9. The van der Waals surface area contributed by atoms with Gasteiger partial charge in [0.05, 0.1) is 38.5 Å². The molecule has 0 aromatic carbocycles. The molecule has 0 bridgehead atoms. The minimum Gasteiger partial charge on any atom is -0.377 e. The fraction of sp³-hybridized carbons (Fsp3) is 0.700. The smallest absolute Gasteiger partial charge is 0.326 e. The van der Waals surface area contributed by atoms with Crippen LogP contribution < -0.4 is 21.3 Å². The Kier molecular flexibility index (Phi) is 10.1. The molecule has 0 saturated carbocycles. The summed E-state index contributed by atoms with van der Waals surface area (Å²) in [5.41, 5.74) is 0. The average molecular weight is 469 g/mol. The number of hydrogen-bond acceptors (Lipinski definition) is 7. The zero-order chi connectivity index (χ0) is 22.6. The fourth-order valence-electron chi connectivity index (χ4n) is 3.65. The van der Waals surface area contributed by atoms with E-state index in [0.717, 1.165) is 25.0 Å². The molecule has 3 heterocycles. The average Bonchev–Trinajstić information content (AvgIpc) is 3.51. The number of carbonyl (C=O) groups is 3. The fourth-order valence-corrected chi connectivity index (χ4v) is 5.19. The number of amides is 4. The summed E-state index contributed by atoms with van der Waals surface area (Å²) >= 11 is 1.90. The van der Waals surface area contributed by atoms with Crippen LogP contribution in [0.1, 0.15) is 25.7 Å². The van der Waals surface area contributed by atoms with Crippen LogP contribution in [0.25, 0.3) is 0 Å². The lowest BCUT2D eigenvalue weighted by atomic mass is 10.0. The van der Waals surface area contributed by atoms with Gasteiger partial charge in [0, 0.05) is 42.9 Å². The molecule has 2 aliphatic rings. The zero-order valence-corrected chi connectivity index (χ0v) is 18.9. The highest BCUT2D eigenvalue weighted by atomic mass is 32.2. The normalized spacial score (nSPS) is 21.6. The Morgan fingerprint density at radius 2 is 1.91 bits per heavy atom. The van der Waals surface area contributed by atoms with Gasteiger partial charge in [0.25, 0.3) is 0 Å². The number of nitrogens with one attached hydrogen (secondary N) is 4. The summed E-state index contributed by atoms with van der Waals surface area (Å²) in [6, 6.07) is 0.167. The number of thioether (sulfide) groups is 1. The van der Waals surface area contributed by atoms with Gasteiger partial charge in [-0.1, -0.05) is 6.42 Å². The molecule has 4 N–H and O–H groups in total. The number of rotatable bonds is 14. The first kappa shape index (κ1) is 24.3. The Morgan fingerprint density at radius 1 is 1.12 bits per heavy atom. The number of nitrogens with zero attached hydrogens (tertiary/aromatic N) is 2. The molecule has 11 nitrogen and oxygen atoms in total. The number of unbranched alkanes of at least 4 members (excludes halogenated alkanes) is 1. The number of aromatic nitrogens is 2. The van der Waals surface area contributed by atoms with E-state index in [-0.39, 0.29) is 30.1 Å². The Hall–Kier alpha value is -2.31. The van der Waals surface area contributed by atoms with Crippen LogP contribution in [0.5, 0.6) is 0 Å². The van der Waals surface area contributed by atoms with Crippen molar-refractivity contribution >= 4 is 29.7 Å². The Morgan fingerprint density at radius 3 is 2.66 bits per heavy atom. The maximum Gasteiger partial charge on any atom is 0.326 e. The van der Waals surface area contributed by atoms with Crippen LogP contribution in [-0.4, -0.2) is 90.1 Å². The third-order valence-electron chi connectivity index (χ3n) is 5.28. The minimum absolute atomic E-state index is 0.0336. The Labute approximate surface area is 191 Å². The van der Waals surface area contributed by atoms with E-state index < -0.39 is 0 Å². The van der Waals surface area contributed by atoms with Crippen molar-refractivity contribution in [3.05, 3.63) is 18.7 Å². The van der Waals surface area contributed by atoms with Gasteiger partial charge in [-0.05, 0) is 12.8 Å². The first-order valence-corrected chi connectivity index (χ1v) is 12.1. The molecule has 0 unspecified atom stereocenters. The van der Waals surface area contributed by atoms with Gasteiger partial charge in [-0.3, -0.25) is 9.36 Å². The number of fused-ring (bicyclic) bond motifs is 1. The first-order chi connectivity index (χ1) is 15.6. The number of urea groups is 1. The van der Waals surface area contributed by atoms with E-state index in [4.69, 9.17) is 9.47 Å². The number of hydrogen-bond donors (Lipinski definition) is 4. The van der Waals surface area contributed by atoms with Crippen LogP contribution >= 0.6 is 11.8 Å². The van der Waals surface area contributed by atoms with Gasteiger partial charge in [-0.15, -0.1) is 0 Å². The topological polar surface area (TPSA) is 136 Å². The molecule has 32 heavy (non-hydrogen) atoms. The summed E-state index contributed by atoms with van der Waals surface area (Å²) in [6.45, 7) is 2.55. The van der Waals surface area contributed by atoms with E-state index in [1.54, 1.807) is 6.20 Å². The van der Waals surface area contributed by atoms with Crippen molar-refractivity contribution in [1.29, 1.82) is 0 Å². The van der Waals surface area contributed by atoms with E-state index in [1.807, 2.05) is 11.8 Å². The van der Waals surface area contributed by atoms with Gasteiger partial charge in [-0.2, -0.15) is 11.8 Å². The molecule has 2 fully saturated rings. The van der Waals surface area contributed by atoms with Gasteiger partial charge in [0.15, 0.2) is 0 Å². The van der Waals surface area contributed by atoms with E-state index in [2.05, 4.69) is 26.3 Å². The van der Waals surface area contributed by atoms with Crippen LogP contribution in [-0.2, 0) is 14.3 Å². The van der Waals surface area contributed by atoms with Gasteiger partial charge in [0.1, 0.15) is 6.33 Å². The van der Waals surface area contributed by atoms with Crippen molar-refractivity contribution in [1.82, 2.24) is 30.8 Å². The summed E-state index contributed by atoms with van der Waals surface area (Å²) in [5.74, 6) is 0.994. The number of ether oxygens (including phenoxy) is 2. The molecule has 0 aliphatic carbocycles. The molecular formula is C20H32N6O5S. The Balaban J connectivity index is 1.07. The van der Waals surface area contributed by atoms with Crippen molar-refractivity contribution in [2.45, 2.75) is 43.0 Å². The molecule has 3 rings (SSSR count). The molecule has 3 atom stereocenters. The summed E-state index contributed by atoms with van der Waals surface area (Å²) in [7, 11) is 0. The van der Waals surface area contributed by atoms with E-state index >= 15 is 0 Å². The van der Waals surface area contributed by atoms with Crippen LogP contribution in [0.4, 0.5) is 9.59 Å². The SMILES string of the molecule is O=C(CCCC[C@@H]1SC[C@@H]2NC(=O)N[C@@H]21)NCCOCCOCCNC(=O)n1ccnc1. The van der Waals surface area contributed by atoms with E-state index in [1.165, 1.54) is 17.1 Å². The molecule has 2 aliphatic heterocycles. The molecular weight excluding hydrogens is 436 g/mol. The van der Waals surface area contributed by atoms with Crippen molar-refractivity contribution in [2.75, 3.05) is 45.3 Å². The lowest BCUT2D eigenvalue weighted by Crippen LogP contribution is -2.36. The van der Waals surface area contributed by atoms with Gasteiger partial charge in [0.2, 0.25) is 5.91 Å². The third kappa shape index (κ3) is 7.99. The second-order valence-electron chi connectivity index (χ2n) is 7.64. The molecule has 0 radical (unpaired) electrons. The molecule has 1 aromatic rings. The maximum absolute atomic E-state index is 11.9. The van der Waals surface area contributed by atoms with E-state index in [9.17, 15) is 14.4 Å². The third-order valence-corrected chi connectivity index (χ3v) is 6.79. The summed E-state index contributed by atoms with van der Waals surface area (Å²) in [4.78, 5) is 38.7. The standard InChI is InChI=1S/C20H32N6O5S/c27-17(4-2-1-3-16-18-15(13-32-16)24-19(28)25-18)22-6-9-30-11-12-31-10-7-23-20(29)26-8-5-21-14-26/h5,8,14-16,18H,1-4,6-7,9-13H2,(H,22,27)(H,23,29)(H2,24,25,28)/t15-,16-,18-/m0/s1. The van der Waals surface area contributed by atoms with Crippen molar-refractivity contribution in [2.24, 2.45) is 0 Å². The maximum atomic E-state index is 11.9. The van der Waals surface area contributed by atoms with E-state index in [0.29, 0.717) is 51.2 Å². The molecule has 0 spiro atoms. The lowest BCUT2D eigenvalue weighted by Gasteiger charge is -2.16. The van der Waals surface area contributed by atoms with Gasteiger partial charge in [-0.25, -0.2) is 14.6 Å². The van der Waals surface area contributed by atoms with Crippen molar-refractivity contribution in [3.63, 3.8) is 0 Å².